The number of hydrogen-bond acceptors (Lipinski definition) is 7. The van der Waals surface area contributed by atoms with E-state index in [0.717, 1.165) is 33.6 Å². The first kappa shape index (κ1) is 17.0. The second-order valence-electron chi connectivity index (χ2n) is 6.34. The van der Waals surface area contributed by atoms with Gasteiger partial charge in [-0.3, -0.25) is 4.40 Å². The minimum Gasteiger partial charge on any atom is -0.493 e. The lowest BCUT2D eigenvalue weighted by Crippen LogP contribution is -2.02. The second-order valence-corrected chi connectivity index (χ2v) is 6.34. The average Bonchev–Trinajstić information content (AvgIpc) is 3.42. The van der Waals surface area contributed by atoms with E-state index in [9.17, 15) is 0 Å². The van der Waals surface area contributed by atoms with E-state index in [1.165, 1.54) is 0 Å². The molecule has 0 aliphatic rings. The van der Waals surface area contributed by atoms with Crippen molar-refractivity contribution in [3.63, 3.8) is 0 Å². The Labute approximate surface area is 165 Å². The number of rotatable bonds is 5. The SMILES string of the molecule is COc1ccc(-c2cc3nccn3c(Nc3ccc4n[nH]nc4c3)n2)cc1OC. The van der Waals surface area contributed by atoms with E-state index in [1.807, 2.05) is 53.1 Å². The Balaban J connectivity index is 1.59. The smallest absolute Gasteiger partial charge is 0.213 e. The molecule has 3 aromatic heterocycles. The fourth-order valence-corrected chi connectivity index (χ4v) is 3.20. The van der Waals surface area contributed by atoms with Crippen molar-refractivity contribution >= 4 is 28.3 Å². The van der Waals surface area contributed by atoms with Gasteiger partial charge in [0.1, 0.15) is 16.7 Å². The molecule has 3 heterocycles. The van der Waals surface area contributed by atoms with Crippen LogP contribution in [0, 0.1) is 0 Å². The molecule has 0 aliphatic carbocycles. The predicted octanol–water partition coefficient (Wildman–Crippen LogP) is 3.43. The summed E-state index contributed by atoms with van der Waals surface area (Å²) in [4.78, 5) is 9.23. The van der Waals surface area contributed by atoms with Crippen LogP contribution in [0.4, 0.5) is 11.6 Å². The first-order valence-electron chi connectivity index (χ1n) is 8.89. The Morgan fingerprint density at radius 1 is 0.931 bits per heavy atom. The molecular weight excluding hydrogens is 370 g/mol. The molecule has 5 aromatic rings. The molecule has 9 heteroatoms. The molecule has 29 heavy (non-hydrogen) atoms. The molecule has 144 valence electrons. The second kappa shape index (κ2) is 6.79. The number of H-pyrrole nitrogens is 1. The van der Waals surface area contributed by atoms with Gasteiger partial charge >= 0.3 is 0 Å². The van der Waals surface area contributed by atoms with Crippen molar-refractivity contribution in [3.05, 3.63) is 54.9 Å². The normalized spacial score (nSPS) is 11.1. The zero-order valence-electron chi connectivity index (χ0n) is 15.7. The first-order valence-corrected chi connectivity index (χ1v) is 8.89. The Hall–Kier alpha value is -4.14. The van der Waals surface area contributed by atoms with Crippen LogP contribution in [0.2, 0.25) is 0 Å². The third-order valence-electron chi connectivity index (χ3n) is 4.64. The zero-order chi connectivity index (χ0) is 19.8. The Morgan fingerprint density at radius 3 is 2.66 bits per heavy atom. The number of aromatic amines is 1. The highest BCUT2D eigenvalue weighted by atomic mass is 16.5. The number of methoxy groups -OCH3 is 2. The molecule has 0 saturated carbocycles. The average molecular weight is 387 g/mol. The number of nitrogens with one attached hydrogen (secondary N) is 2. The van der Waals surface area contributed by atoms with Crippen LogP contribution < -0.4 is 14.8 Å². The Morgan fingerprint density at radius 2 is 1.79 bits per heavy atom. The third kappa shape index (κ3) is 2.98. The maximum atomic E-state index is 5.42. The molecule has 0 radical (unpaired) electrons. The molecule has 9 nitrogen and oxygen atoms in total. The lowest BCUT2D eigenvalue weighted by Gasteiger charge is -2.12. The highest BCUT2D eigenvalue weighted by molar-refractivity contribution is 5.79. The largest absolute Gasteiger partial charge is 0.493 e. The van der Waals surface area contributed by atoms with E-state index < -0.39 is 0 Å². The summed E-state index contributed by atoms with van der Waals surface area (Å²) in [6.07, 6.45) is 3.60. The maximum Gasteiger partial charge on any atom is 0.213 e. The molecule has 2 aromatic carbocycles. The molecule has 0 unspecified atom stereocenters. The van der Waals surface area contributed by atoms with Gasteiger partial charge in [0, 0.05) is 29.7 Å². The highest BCUT2D eigenvalue weighted by Gasteiger charge is 2.12. The fraction of sp³-hybridized carbons (Fsp3) is 0.100. The summed E-state index contributed by atoms with van der Waals surface area (Å²) in [5.41, 5.74) is 4.84. The zero-order valence-corrected chi connectivity index (χ0v) is 15.7. The van der Waals surface area contributed by atoms with Crippen molar-refractivity contribution in [2.75, 3.05) is 19.5 Å². The van der Waals surface area contributed by atoms with Crippen molar-refractivity contribution in [3.8, 4) is 22.8 Å². The lowest BCUT2D eigenvalue weighted by molar-refractivity contribution is 0.355. The van der Waals surface area contributed by atoms with Crippen LogP contribution in [0.1, 0.15) is 0 Å². The number of aromatic nitrogens is 6. The molecule has 2 N–H and O–H groups in total. The standard InChI is InChI=1S/C20H17N7O2/c1-28-17-6-3-12(9-18(17)29-2)15-11-19-21-7-8-27(19)20(23-15)22-13-4-5-14-16(10-13)25-26-24-14/h3-11H,1-2H3,(H,22,23)(H,24,25,26). The number of nitrogens with zero attached hydrogens (tertiary/aromatic N) is 5. The monoisotopic (exact) mass is 387 g/mol. The van der Waals surface area contributed by atoms with Gasteiger partial charge in [0.25, 0.3) is 0 Å². The number of imidazole rings is 1. The number of hydrogen-bond donors (Lipinski definition) is 2. The van der Waals surface area contributed by atoms with Crippen LogP contribution >= 0.6 is 0 Å². The van der Waals surface area contributed by atoms with Gasteiger partial charge in [-0.2, -0.15) is 15.4 Å². The Bertz CT molecular complexity index is 1330. The molecule has 0 bridgehead atoms. The third-order valence-corrected chi connectivity index (χ3v) is 4.64. The number of fused-ring (bicyclic) bond motifs is 2. The van der Waals surface area contributed by atoms with Gasteiger partial charge in [-0.1, -0.05) is 0 Å². The van der Waals surface area contributed by atoms with Crippen molar-refractivity contribution in [2.45, 2.75) is 0 Å². The van der Waals surface area contributed by atoms with Gasteiger partial charge < -0.3 is 14.8 Å². The van der Waals surface area contributed by atoms with Crippen molar-refractivity contribution in [2.24, 2.45) is 0 Å². The summed E-state index contributed by atoms with van der Waals surface area (Å²) >= 11 is 0. The van der Waals surface area contributed by atoms with Gasteiger partial charge in [0.15, 0.2) is 11.5 Å². The van der Waals surface area contributed by atoms with Gasteiger partial charge in [-0.05, 0) is 36.4 Å². The van der Waals surface area contributed by atoms with Crippen molar-refractivity contribution in [1.29, 1.82) is 0 Å². The predicted molar refractivity (Wildman–Crippen MR) is 109 cm³/mol. The van der Waals surface area contributed by atoms with E-state index in [-0.39, 0.29) is 0 Å². The number of benzene rings is 2. The van der Waals surface area contributed by atoms with E-state index in [0.29, 0.717) is 17.4 Å². The fourth-order valence-electron chi connectivity index (χ4n) is 3.20. The summed E-state index contributed by atoms with van der Waals surface area (Å²) in [7, 11) is 3.22. The van der Waals surface area contributed by atoms with Crippen LogP contribution in [0.15, 0.2) is 54.9 Å². The maximum absolute atomic E-state index is 5.42. The summed E-state index contributed by atoms with van der Waals surface area (Å²) in [6, 6.07) is 13.3. The molecule has 0 spiro atoms. The Kier molecular flexibility index (Phi) is 3.98. The van der Waals surface area contributed by atoms with E-state index in [2.05, 4.69) is 25.7 Å². The lowest BCUT2D eigenvalue weighted by atomic mass is 10.1. The minimum absolute atomic E-state index is 0.632. The molecule has 0 atom stereocenters. The molecule has 5 rings (SSSR count). The molecular formula is C20H17N7O2. The van der Waals surface area contributed by atoms with Crippen LogP contribution in [0.3, 0.4) is 0 Å². The van der Waals surface area contributed by atoms with Gasteiger partial charge in [0.2, 0.25) is 5.95 Å². The topological polar surface area (TPSA) is 102 Å². The molecule has 0 aliphatic heterocycles. The van der Waals surface area contributed by atoms with Gasteiger partial charge in [-0.25, -0.2) is 9.97 Å². The summed E-state index contributed by atoms with van der Waals surface area (Å²) in [5, 5.41) is 14.2. The minimum atomic E-state index is 0.632. The summed E-state index contributed by atoms with van der Waals surface area (Å²) in [6.45, 7) is 0. The van der Waals surface area contributed by atoms with E-state index in [4.69, 9.17) is 14.5 Å². The van der Waals surface area contributed by atoms with Gasteiger partial charge in [0.05, 0.1) is 19.9 Å². The highest BCUT2D eigenvalue weighted by Crippen LogP contribution is 2.32. The van der Waals surface area contributed by atoms with E-state index in [1.54, 1.807) is 20.4 Å². The summed E-state index contributed by atoms with van der Waals surface area (Å²) in [5.74, 6) is 1.94. The van der Waals surface area contributed by atoms with Crippen LogP contribution in [0.25, 0.3) is 27.9 Å². The number of anilines is 2. The van der Waals surface area contributed by atoms with Crippen LogP contribution in [0.5, 0.6) is 11.5 Å². The van der Waals surface area contributed by atoms with Gasteiger partial charge in [-0.15, -0.1) is 0 Å². The first-order chi connectivity index (χ1) is 14.2. The van der Waals surface area contributed by atoms with E-state index >= 15 is 0 Å². The molecule has 0 saturated heterocycles. The van der Waals surface area contributed by atoms with Crippen molar-refractivity contribution in [1.82, 2.24) is 29.8 Å². The summed E-state index contributed by atoms with van der Waals surface area (Å²) < 4.78 is 12.6. The van der Waals surface area contributed by atoms with Crippen LogP contribution in [-0.4, -0.2) is 44.0 Å². The van der Waals surface area contributed by atoms with Crippen molar-refractivity contribution < 1.29 is 9.47 Å². The molecule has 0 fully saturated rings. The molecule has 0 amide bonds. The van der Waals surface area contributed by atoms with Crippen LogP contribution in [-0.2, 0) is 0 Å². The number of ether oxygens (including phenoxy) is 2. The quantitative estimate of drug-likeness (QED) is 0.476.